The molecule has 10 aromatic carbocycles. The van der Waals surface area contributed by atoms with Crippen LogP contribution >= 0.6 is 0 Å². The summed E-state index contributed by atoms with van der Waals surface area (Å²) < 4.78 is 11.2. The van der Waals surface area contributed by atoms with E-state index in [2.05, 4.69) is 240 Å². The lowest BCUT2D eigenvalue weighted by Crippen LogP contribution is -1.94. The molecule has 0 aliphatic rings. The molecule has 13 rings (SSSR count). The first-order valence-corrected chi connectivity index (χ1v) is 22.6. The van der Waals surface area contributed by atoms with E-state index in [1.165, 1.54) is 77.0 Å². The van der Waals surface area contributed by atoms with Crippen LogP contribution in [0.5, 0.6) is 0 Å². The van der Waals surface area contributed by atoms with Crippen molar-refractivity contribution in [2.45, 2.75) is 13.8 Å². The molecule has 3 aromatic heterocycles. The molecule has 0 N–H and O–H groups in total. The summed E-state index contributed by atoms with van der Waals surface area (Å²) in [5.74, 6) is 0. The molecule has 0 atom stereocenters. The minimum absolute atomic E-state index is 0.888. The third kappa shape index (κ3) is 6.43. The van der Waals surface area contributed by atoms with Crippen LogP contribution < -0.4 is 0 Å². The maximum atomic E-state index is 6.46. The molecular weight excluding hydrogens is 789 g/mol. The summed E-state index contributed by atoms with van der Waals surface area (Å²) >= 11 is 0. The number of hydrogen-bond donors (Lipinski definition) is 0. The largest absolute Gasteiger partial charge is 0.456 e. The van der Waals surface area contributed by atoms with Gasteiger partial charge < -0.3 is 13.6 Å². The molecule has 0 aliphatic carbocycles. The second-order valence-electron chi connectivity index (χ2n) is 16.5. The number of para-hydroxylation sites is 3. The topological polar surface area (TPSA) is 23.0 Å². The Morgan fingerprint density at radius 1 is 0.246 bits per heavy atom. The van der Waals surface area contributed by atoms with E-state index in [0.717, 1.165) is 44.4 Å². The summed E-state index contributed by atoms with van der Waals surface area (Å²) in [4.78, 5) is 0. The first-order chi connectivity index (χ1) is 32.2. The number of benzene rings is 10. The van der Waals surface area contributed by atoms with E-state index >= 15 is 0 Å². The molecule has 0 amide bonds. The summed E-state index contributed by atoms with van der Waals surface area (Å²) in [5.41, 5.74) is 18.3. The minimum atomic E-state index is 0.888. The molecule has 308 valence electrons. The Balaban J connectivity index is 0.00000219. The van der Waals surface area contributed by atoms with Crippen LogP contribution in [0.4, 0.5) is 0 Å². The zero-order valence-corrected chi connectivity index (χ0v) is 36.2. The predicted molar refractivity (Wildman–Crippen MR) is 275 cm³/mol. The highest BCUT2D eigenvalue weighted by Gasteiger charge is 2.17. The SMILES string of the molecule is CC.c1ccc(-c2cccc(-c3cccc(-n4c5ccccc5c5cc(-c6ccc7oc8ccc(-c9ccc%10c(c9)c9ccccc9n%10-c9ccccc9)cc8c7c6)ccc54)c3)c2)cc1. The molecule has 13 aromatic rings. The van der Waals surface area contributed by atoms with Gasteiger partial charge >= 0.3 is 0 Å². The van der Waals surface area contributed by atoms with Gasteiger partial charge in [-0.3, -0.25) is 0 Å². The van der Waals surface area contributed by atoms with Gasteiger partial charge in [0.1, 0.15) is 11.2 Å². The van der Waals surface area contributed by atoms with E-state index in [1.54, 1.807) is 0 Å². The predicted octanol–water partition coefficient (Wildman–Crippen LogP) is 17.5. The molecule has 65 heavy (non-hydrogen) atoms. The number of fused-ring (bicyclic) bond motifs is 9. The quantitative estimate of drug-likeness (QED) is 0.164. The van der Waals surface area contributed by atoms with Crippen LogP contribution in [0.2, 0.25) is 0 Å². The molecule has 3 heterocycles. The lowest BCUT2D eigenvalue weighted by Gasteiger charge is -2.11. The van der Waals surface area contributed by atoms with Crippen molar-refractivity contribution >= 4 is 65.6 Å². The van der Waals surface area contributed by atoms with Gasteiger partial charge in [0, 0.05) is 43.7 Å². The second kappa shape index (κ2) is 15.7. The maximum Gasteiger partial charge on any atom is 0.135 e. The fourth-order valence-electron chi connectivity index (χ4n) is 9.91. The molecule has 3 heteroatoms. The highest BCUT2D eigenvalue weighted by Crippen LogP contribution is 2.40. The van der Waals surface area contributed by atoms with E-state index in [0.29, 0.717) is 0 Å². The van der Waals surface area contributed by atoms with Gasteiger partial charge in [0.05, 0.1) is 22.1 Å². The molecule has 0 spiro atoms. The van der Waals surface area contributed by atoms with Crippen molar-refractivity contribution in [2.75, 3.05) is 0 Å². The molecular formula is C62H44N2O. The van der Waals surface area contributed by atoms with Crippen molar-refractivity contribution in [3.63, 3.8) is 0 Å². The molecule has 0 aliphatic heterocycles. The van der Waals surface area contributed by atoms with Crippen molar-refractivity contribution in [3.05, 3.63) is 231 Å². The zero-order chi connectivity index (χ0) is 43.4. The molecule has 0 saturated carbocycles. The number of furan rings is 1. The van der Waals surface area contributed by atoms with E-state index < -0.39 is 0 Å². The van der Waals surface area contributed by atoms with E-state index in [1.807, 2.05) is 13.8 Å². The van der Waals surface area contributed by atoms with Crippen molar-refractivity contribution in [1.29, 1.82) is 0 Å². The highest BCUT2D eigenvalue weighted by molar-refractivity contribution is 6.13. The third-order valence-electron chi connectivity index (χ3n) is 12.9. The number of rotatable bonds is 6. The van der Waals surface area contributed by atoms with E-state index in [4.69, 9.17) is 4.42 Å². The Labute approximate surface area is 377 Å². The molecule has 0 saturated heterocycles. The third-order valence-corrected chi connectivity index (χ3v) is 12.9. The maximum absolute atomic E-state index is 6.46. The van der Waals surface area contributed by atoms with Gasteiger partial charge in [-0.05, 0) is 136 Å². The average molecular weight is 833 g/mol. The van der Waals surface area contributed by atoms with Crippen LogP contribution in [0.25, 0.3) is 121 Å². The molecule has 3 nitrogen and oxygen atoms in total. The average Bonchev–Trinajstić information content (AvgIpc) is 4.04. The van der Waals surface area contributed by atoms with Gasteiger partial charge in [0.2, 0.25) is 0 Å². The van der Waals surface area contributed by atoms with Crippen LogP contribution in [0, 0.1) is 0 Å². The molecule has 0 unspecified atom stereocenters. The first-order valence-electron chi connectivity index (χ1n) is 22.6. The lowest BCUT2D eigenvalue weighted by atomic mass is 9.98. The van der Waals surface area contributed by atoms with E-state index in [9.17, 15) is 0 Å². The number of aromatic nitrogens is 2. The first kappa shape index (κ1) is 38.3. The van der Waals surface area contributed by atoms with Gasteiger partial charge in [-0.25, -0.2) is 0 Å². The van der Waals surface area contributed by atoms with Crippen molar-refractivity contribution < 1.29 is 4.42 Å². The van der Waals surface area contributed by atoms with Gasteiger partial charge in [0.25, 0.3) is 0 Å². The zero-order valence-electron chi connectivity index (χ0n) is 36.2. The van der Waals surface area contributed by atoms with Gasteiger partial charge in [-0.2, -0.15) is 0 Å². The van der Waals surface area contributed by atoms with Crippen molar-refractivity contribution in [3.8, 4) is 55.9 Å². The summed E-state index contributed by atoms with van der Waals surface area (Å²) in [6.45, 7) is 4.00. The Kier molecular flexibility index (Phi) is 9.28. The summed E-state index contributed by atoms with van der Waals surface area (Å²) in [7, 11) is 0. The fourth-order valence-corrected chi connectivity index (χ4v) is 9.91. The van der Waals surface area contributed by atoms with Crippen LogP contribution in [0.3, 0.4) is 0 Å². The Morgan fingerprint density at radius 2 is 0.615 bits per heavy atom. The Bertz CT molecular complexity index is 3910. The number of nitrogens with zero attached hydrogens (tertiary/aromatic N) is 2. The summed E-state index contributed by atoms with van der Waals surface area (Å²) in [6.07, 6.45) is 0. The van der Waals surface area contributed by atoms with Crippen molar-refractivity contribution in [2.24, 2.45) is 0 Å². The highest BCUT2D eigenvalue weighted by atomic mass is 16.3. The van der Waals surface area contributed by atoms with Crippen LogP contribution in [0.15, 0.2) is 235 Å². The summed E-state index contributed by atoms with van der Waals surface area (Å²) in [5, 5.41) is 7.17. The molecule has 0 bridgehead atoms. The molecule has 0 radical (unpaired) electrons. The lowest BCUT2D eigenvalue weighted by molar-refractivity contribution is 0.669. The second-order valence-corrected chi connectivity index (χ2v) is 16.5. The van der Waals surface area contributed by atoms with Gasteiger partial charge in [-0.15, -0.1) is 0 Å². The smallest absolute Gasteiger partial charge is 0.135 e. The standard InChI is InChI=1S/C60H38N2O.C2H6/c1-3-13-39(14-4-1)40-15-11-16-41(33-40)42-17-12-20-48(34-42)62-56-24-10-8-22-50(56)52-36-44(26-30-58(52)62)46-28-32-60-54(38-46)53-37-45(27-31-59(53)63-60)43-25-29-57-51(35-43)49-21-7-9-23-55(49)61(57)47-18-5-2-6-19-47;1-2/h1-38H;1-2H3. The fraction of sp³-hybridized carbons (Fsp3) is 0.0323. The van der Waals surface area contributed by atoms with Gasteiger partial charge in [-0.1, -0.05) is 153 Å². The van der Waals surface area contributed by atoms with Crippen LogP contribution in [0.1, 0.15) is 13.8 Å². The Morgan fingerprint density at radius 3 is 1.18 bits per heavy atom. The molecule has 0 fully saturated rings. The minimum Gasteiger partial charge on any atom is -0.456 e. The van der Waals surface area contributed by atoms with Crippen molar-refractivity contribution in [1.82, 2.24) is 9.13 Å². The summed E-state index contributed by atoms with van der Waals surface area (Å²) in [6, 6.07) is 83.4. The van der Waals surface area contributed by atoms with Crippen LogP contribution in [-0.2, 0) is 0 Å². The number of hydrogen-bond acceptors (Lipinski definition) is 1. The Hall–Kier alpha value is -8.40. The van der Waals surface area contributed by atoms with Gasteiger partial charge in [0.15, 0.2) is 0 Å². The monoisotopic (exact) mass is 832 g/mol. The normalized spacial score (nSPS) is 11.5. The van der Waals surface area contributed by atoms with E-state index in [-0.39, 0.29) is 0 Å². The van der Waals surface area contributed by atoms with Crippen LogP contribution in [-0.4, -0.2) is 9.13 Å².